The summed E-state index contributed by atoms with van der Waals surface area (Å²) in [6, 6.07) is 5.04. The molecule has 4 heteroatoms. The zero-order valence-corrected chi connectivity index (χ0v) is 9.51. The van der Waals surface area contributed by atoms with Crippen molar-refractivity contribution in [3.05, 3.63) is 34.3 Å². The second-order valence-electron chi connectivity index (χ2n) is 3.47. The summed E-state index contributed by atoms with van der Waals surface area (Å²) in [4.78, 5) is 10.8. The molecular weight excluding hydrogens is 214 g/mol. The number of aliphatic carboxylic acids is 1. The van der Waals surface area contributed by atoms with Gasteiger partial charge in [0.05, 0.1) is 0 Å². The standard InChI is InChI=1S/C11H14ClNO2/c1-7-3-4-8(5-9(7)12)6-10(13-2)11(14)15/h3-5,10,13H,6H2,1-2H3,(H,14,15)/t10-/m1/s1. The highest BCUT2D eigenvalue weighted by Gasteiger charge is 2.15. The summed E-state index contributed by atoms with van der Waals surface area (Å²) >= 11 is 5.95. The topological polar surface area (TPSA) is 49.3 Å². The van der Waals surface area contributed by atoms with Gasteiger partial charge in [-0.3, -0.25) is 4.79 Å². The van der Waals surface area contributed by atoms with Crippen LogP contribution in [0.25, 0.3) is 0 Å². The van der Waals surface area contributed by atoms with Crippen molar-refractivity contribution in [2.75, 3.05) is 7.05 Å². The first-order chi connectivity index (χ1) is 7.04. The molecule has 0 unspecified atom stereocenters. The zero-order chi connectivity index (χ0) is 11.4. The molecule has 0 amide bonds. The summed E-state index contributed by atoms with van der Waals surface area (Å²) < 4.78 is 0. The van der Waals surface area contributed by atoms with Crippen LogP contribution in [0, 0.1) is 6.92 Å². The summed E-state index contributed by atoms with van der Waals surface area (Å²) in [7, 11) is 1.63. The Balaban J connectivity index is 2.80. The van der Waals surface area contributed by atoms with Gasteiger partial charge in [0.15, 0.2) is 0 Å². The maximum absolute atomic E-state index is 10.8. The molecular formula is C11H14ClNO2. The van der Waals surface area contributed by atoms with Crippen LogP contribution in [0.4, 0.5) is 0 Å². The lowest BCUT2D eigenvalue weighted by Gasteiger charge is -2.11. The average molecular weight is 228 g/mol. The summed E-state index contributed by atoms with van der Waals surface area (Å²) in [5.74, 6) is -0.853. The Morgan fingerprint density at radius 1 is 1.60 bits per heavy atom. The van der Waals surface area contributed by atoms with E-state index in [0.717, 1.165) is 11.1 Å². The monoisotopic (exact) mass is 227 g/mol. The SMILES string of the molecule is CN[C@H](Cc1ccc(C)c(Cl)c1)C(=O)O. The second kappa shape index (κ2) is 5.14. The van der Waals surface area contributed by atoms with Crippen molar-refractivity contribution in [3.8, 4) is 0 Å². The minimum atomic E-state index is -0.853. The van der Waals surface area contributed by atoms with E-state index in [9.17, 15) is 4.79 Å². The number of halogens is 1. The van der Waals surface area contributed by atoms with Crippen LogP contribution in [0.15, 0.2) is 18.2 Å². The maximum atomic E-state index is 10.8. The third-order valence-electron chi connectivity index (χ3n) is 2.32. The van der Waals surface area contributed by atoms with Gasteiger partial charge in [0, 0.05) is 5.02 Å². The van der Waals surface area contributed by atoms with Crippen LogP contribution in [0.3, 0.4) is 0 Å². The molecule has 0 aliphatic carbocycles. The fourth-order valence-corrected chi connectivity index (χ4v) is 1.52. The number of carboxylic acid groups (broad SMARTS) is 1. The van der Waals surface area contributed by atoms with Crippen LogP contribution >= 0.6 is 11.6 Å². The van der Waals surface area contributed by atoms with E-state index >= 15 is 0 Å². The van der Waals surface area contributed by atoms with E-state index < -0.39 is 12.0 Å². The van der Waals surface area contributed by atoms with Crippen LogP contribution in [0.5, 0.6) is 0 Å². The highest BCUT2D eigenvalue weighted by Crippen LogP contribution is 2.17. The summed E-state index contributed by atoms with van der Waals surface area (Å²) in [6.07, 6.45) is 0.436. The lowest BCUT2D eigenvalue weighted by atomic mass is 10.0. The van der Waals surface area contributed by atoms with Crippen LogP contribution in [-0.2, 0) is 11.2 Å². The molecule has 15 heavy (non-hydrogen) atoms. The third-order valence-corrected chi connectivity index (χ3v) is 2.73. The van der Waals surface area contributed by atoms with E-state index in [1.54, 1.807) is 7.05 Å². The van der Waals surface area contributed by atoms with Gasteiger partial charge in [0.2, 0.25) is 0 Å². The molecule has 2 N–H and O–H groups in total. The molecule has 1 rings (SSSR count). The van der Waals surface area contributed by atoms with Crippen molar-refractivity contribution in [2.45, 2.75) is 19.4 Å². The molecule has 0 radical (unpaired) electrons. The van der Waals surface area contributed by atoms with E-state index in [0.29, 0.717) is 11.4 Å². The molecule has 3 nitrogen and oxygen atoms in total. The Morgan fingerprint density at radius 3 is 2.73 bits per heavy atom. The van der Waals surface area contributed by atoms with Gasteiger partial charge in [-0.15, -0.1) is 0 Å². The highest BCUT2D eigenvalue weighted by atomic mass is 35.5. The number of benzene rings is 1. The van der Waals surface area contributed by atoms with Crippen molar-refractivity contribution >= 4 is 17.6 Å². The zero-order valence-electron chi connectivity index (χ0n) is 8.75. The molecule has 1 aromatic carbocycles. The Morgan fingerprint density at radius 2 is 2.27 bits per heavy atom. The first-order valence-corrected chi connectivity index (χ1v) is 5.07. The Kier molecular flexibility index (Phi) is 4.12. The Labute approximate surface area is 94.1 Å². The molecule has 82 valence electrons. The number of hydrogen-bond donors (Lipinski definition) is 2. The first kappa shape index (κ1) is 12.0. The molecule has 0 bridgehead atoms. The lowest BCUT2D eigenvalue weighted by molar-refractivity contribution is -0.139. The number of likely N-dealkylation sites (N-methyl/N-ethyl adjacent to an activating group) is 1. The Hall–Kier alpha value is -1.06. The third kappa shape index (κ3) is 3.22. The number of aryl methyl sites for hydroxylation is 1. The fourth-order valence-electron chi connectivity index (χ4n) is 1.31. The van der Waals surface area contributed by atoms with E-state index in [2.05, 4.69) is 5.32 Å². The molecule has 0 heterocycles. The average Bonchev–Trinajstić information content (AvgIpc) is 2.19. The fraction of sp³-hybridized carbons (Fsp3) is 0.364. The molecule has 0 fully saturated rings. The molecule has 1 aromatic rings. The number of nitrogens with one attached hydrogen (secondary N) is 1. The number of carboxylic acids is 1. The van der Waals surface area contributed by atoms with Crippen molar-refractivity contribution in [1.29, 1.82) is 0 Å². The number of rotatable bonds is 4. The van der Waals surface area contributed by atoms with Gasteiger partial charge in [-0.2, -0.15) is 0 Å². The van der Waals surface area contributed by atoms with Crippen molar-refractivity contribution in [3.63, 3.8) is 0 Å². The van der Waals surface area contributed by atoms with Gasteiger partial charge in [0.1, 0.15) is 6.04 Å². The summed E-state index contributed by atoms with van der Waals surface area (Å²) in [6.45, 7) is 1.92. The summed E-state index contributed by atoms with van der Waals surface area (Å²) in [5.41, 5.74) is 1.92. The first-order valence-electron chi connectivity index (χ1n) is 4.69. The highest BCUT2D eigenvalue weighted by molar-refractivity contribution is 6.31. The van der Waals surface area contributed by atoms with Gasteiger partial charge in [0.25, 0.3) is 0 Å². The molecule has 0 spiro atoms. The van der Waals surface area contributed by atoms with Gasteiger partial charge >= 0.3 is 5.97 Å². The quantitative estimate of drug-likeness (QED) is 0.826. The van der Waals surface area contributed by atoms with Crippen molar-refractivity contribution < 1.29 is 9.90 Å². The van der Waals surface area contributed by atoms with Crippen LogP contribution in [-0.4, -0.2) is 24.2 Å². The maximum Gasteiger partial charge on any atom is 0.321 e. The predicted molar refractivity (Wildman–Crippen MR) is 60.4 cm³/mol. The normalized spacial score (nSPS) is 12.5. The second-order valence-corrected chi connectivity index (χ2v) is 3.87. The minimum absolute atomic E-state index is 0.436. The largest absolute Gasteiger partial charge is 0.480 e. The minimum Gasteiger partial charge on any atom is -0.480 e. The van der Waals surface area contributed by atoms with Crippen LogP contribution in [0.1, 0.15) is 11.1 Å². The van der Waals surface area contributed by atoms with Gasteiger partial charge in [-0.25, -0.2) is 0 Å². The molecule has 0 saturated heterocycles. The van der Waals surface area contributed by atoms with E-state index in [1.807, 2.05) is 25.1 Å². The number of hydrogen-bond acceptors (Lipinski definition) is 2. The molecule has 0 aliphatic rings. The van der Waals surface area contributed by atoms with Gasteiger partial charge < -0.3 is 10.4 Å². The molecule has 0 saturated carbocycles. The van der Waals surface area contributed by atoms with E-state index in [-0.39, 0.29) is 0 Å². The molecule has 0 aromatic heterocycles. The van der Waals surface area contributed by atoms with E-state index in [4.69, 9.17) is 16.7 Å². The van der Waals surface area contributed by atoms with Gasteiger partial charge in [-0.05, 0) is 37.6 Å². The van der Waals surface area contributed by atoms with Crippen molar-refractivity contribution in [2.24, 2.45) is 0 Å². The number of carbonyl (C=O) groups is 1. The van der Waals surface area contributed by atoms with Gasteiger partial charge in [-0.1, -0.05) is 23.7 Å². The molecule has 0 aliphatic heterocycles. The Bertz CT molecular complexity index is 366. The predicted octanol–water partition coefficient (Wildman–Crippen LogP) is 1.86. The molecule has 1 atom stereocenters. The summed E-state index contributed by atoms with van der Waals surface area (Å²) in [5, 5.41) is 12.3. The van der Waals surface area contributed by atoms with Crippen LogP contribution in [0.2, 0.25) is 5.02 Å². The van der Waals surface area contributed by atoms with Crippen molar-refractivity contribution in [1.82, 2.24) is 5.32 Å². The smallest absolute Gasteiger partial charge is 0.321 e. The lowest BCUT2D eigenvalue weighted by Crippen LogP contribution is -2.35. The van der Waals surface area contributed by atoms with E-state index in [1.165, 1.54) is 0 Å². The van der Waals surface area contributed by atoms with Crippen LogP contribution < -0.4 is 5.32 Å².